The molecule has 0 bridgehead atoms. The van der Waals surface area contributed by atoms with E-state index in [1.165, 1.54) is 0 Å². The van der Waals surface area contributed by atoms with Gasteiger partial charge in [0.2, 0.25) is 0 Å². The van der Waals surface area contributed by atoms with E-state index >= 15 is 0 Å². The first-order valence-corrected chi connectivity index (χ1v) is 7.52. The van der Waals surface area contributed by atoms with Crippen LogP contribution >= 0.6 is 0 Å². The number of aromatic nitrogens is 5. The van der Waals surface area contributed by atoms with E-state index in [2.05, 4.69) is 24.9 Å². The summed E-state index contributed by atoms with van der Waals surface area (Å²) in [6.07, 6.45) is 6.99. The second-order valence-electron chi connectivity index (χ2n) is 5.13. The molecule has 0 unspecified atom stereocenters. The van der Waals surface area contributed by atoms with Crippen molar-refractivity contribution in [1.29, 1.82) is 0 Å². The Kier molecular flexibility index (Phi) is 3.73. The minimum absolute atomic E-state index is 0.575. The third-order valence-electron chi connectivity index (χ3n) is 3.52. The van der Waals surface area contributed by atoms with Gasteiger partial charge in [-0.15, -0.1) is 0 Å². The maximum absolute atomic E-state index is 4.67. The SMILES string of the molecule is c1ccc(-c2cc(-c3ccncc3)nc(-c3ccccn3)n2)nc1. The highest BCUT2D eigenvalue weighted by molar-refractivity contribution is 5.68. The number of hydrogen-bond donors (Lipinski definition) is 0. The van der Waals surface area contributed by atoms with Gasteiger partial charge in [-0.1, -0.05) is 12.1 Å². The first kappa shape index (κ1) is 14.1. The summed E-state index contributed by atoms with van der Waals surface area (Å²) in [6.45, 7) is 0. The van der Waals surface area contributed by atoms with Gasteiger partial charge in [-0.3, -0.25) is 15.0 Å². The highest BCUT2D eigenvalue weighted by atomic mass is 14.9. The van der Waals surface area contributed by atoms with Gasteiger partial charge >= 0.3 is 0 Å². The van der Waals surface area contributed by atoms with Crippen LogP contribution in [0.5, 0.6) is 0 Å². The molecule has 0 aliphatic rings. The molecular formula is C19H13N5. The topological polar surface area (TPSA) is 64.5 Å². The van der Waals surface area contributed by atoms with Gasteiger partial charge in [-0.2, -0.15) is 0 Å². The standard InChI is InChI=1S/C19H13N5/c1-3-9-21-15(5-1)18-13-17(14-7-11-20-12-8-14)23-19(24-18)16-6-2-4-10-22-16/h1-13H. The van der Waals surface area contributed by atoms with Crippen molar-refractivity contribution < 1.29 is 0 Å². The van der Waals surface area contributed by atoms with Crippen molar-refractivity contribution in [2.45, 2.75) is 0 Å². The van der Waals surface area contributed by atoms with Crippen LogP contribution in [0.15, 0.2) is 79.4 Å². The van der Waals surface area contributed by atoms with E-state index in [4.69, 9.17) is 0 Å². The lowest BCUT2D eigenvalue weighted by molar-refractivity contribution is 1.13. The summed E-state index contributed by atoms with van der Waals surface area (Å²) >= 11 is 0. The van der Waals surface area contributed by atoms with Gasteiger partial charge in [-0.25, -0.2) is 9.97 Å². The molecule has 114 valence electrons. The monoisotopic (exact) mass is 311 g/mol. The van der Waals surface area contributed by atoms with Crippen LogP contribution < -0.4 is 0 Å². The average molecular weight is 311 g/mol. The maximum atomic E-state index is 4.67. The molecule has 0 N–H and O–H groups in total. The van der Waals surface area contributed by atoms with Crippen molar-refractivity contribution in [3.05, 3.63) is 79.4 Å². The van der Waals surface area contributed by atoms with Gasteiger partial charge in [-0.05, 0) is 42.5 Å². The summed E-state index contributed by atoms with van der Waals surface area (Å²) in [6, 6.07) is 17.2. The molecular weight excluding hydrogens is 298 g/mol. The molecule has 0 atom stereocenters. The smallest absolute Gasteiger partial charge is 0.179 e. The maximum Gasteiger partial charge on any atom is 0.179 e. The number of pyridine rings is 3. The van der Waals surface area contributed by atoms with Crippen LogP contribution in [0.4, 0.5) is 0 Å². The minimum Gasteiger partial charge on any atom is -0.265 e. The molecule has 0 spiro atoms. The Hall–Kier alpha value is -3.47. The van der Waals surface area contributed by atoms with Crippen LogP contribution in [0.25, 0.3) is 34.2 Å². The summed E-state index contributed by atoms with van der Waals surface area (Å²) in [4.78, 5) is 22.1. The molecule has 5 heteroatoms. The molecule has 0 aliphatic carbocycles. The molecule has 0 saturated carbocycles. The normalized spacial score (nSPS) is 10.5. The Bertz CT molecular complexity index is 801. The summed E-state index contributed by atoms with van der Waals surface area (Å²) in [7, 11) is 0. The zero-order chi connectivity index (χ0) is 16.2. The van der Waals surface area contributed by atoms with Crippen LogP contribution in [0.2, 0.25) is 0 Å². The molecule has 0 saturated heterocycles. The molecule has 0 fully saturated rings. The van der Waals surface area contributed by atoms with E-state index in [-0.39, 0.29) is 0 Å². The summed E-state index contributed by atoms with van der Waals surface area (Å²) in [5.41, 5.74) is 4.08. The van der Waals surface area contributed by atoms with E-state index in [1.807, 2.05) is 54.6 Å². The quantitative estimate of drug-likeness (QED) is 0.577. The van der Waals surface area contributed by atoms with Gasteiger partial charge in [0.15, 0.2) is 5.82 Å². The average Bonchev–Trinajstić information content (AvgIpc) is 2.70. The highest BCUT2D eigenvalue weighted by Crippen LogP contribution is 2.25. The number of hydrogen-bond acceptors (Lipinski definition) is 5. The molecule has 4 rings (SSSR count). The fourth-order valence-corrected chi connectivity index (χ4v) is 2.37. The highest BCUT2D eigenvalue weighted by Gasteiger charge is 2.11. The van der Waals surface area contributed by atoms with Gasteiger partial charge < -0.3 is 0 Å². The largest absolute Gasteiger partial charge is 0.265 e. The lowest BCUT2D eigenvalue weighted by Crippen LogP contribution is -1.97. The molecule has 0 radical (unpaired) electrons. The fourth-order valence-electron chi connectivity index (χ4n) is 2.37. The molecule has 4 aromatic rings. The van der Waals surface area contributed by atoms with Crippen molar-refractivity contribution >= 4 is 0 Å². The Labute approximate surface area is 139 Å². The summed E-state index contributed by atoms with van der Waals surface area (Å²) in [5, 5.41) is 0. The molecule has 4 aromatic heterocycles. The lowest BCUT2D eigenvalue weighted by Gasteiger charge is -2.08. The van der Waals surface area contributed by atoms with Gasteiger partial charge in [0.1, 0.15) is 5.69 Å². The first-order valence-electron chi connectivity index (χ1n) is 7.52. The molecule has 5 nitrogen and oxygen atoms in total. The van der Waals surface area contributed by atoms with Crippen molar-refractivity contribution in [2.24, 2.45) is 0 Å². The zero-order valence-electron chi connectivity index (χ0n) is 12.7. The van der Waals surface area contributed by atoms with E-state index in [1.54, 1.807) is 24.8 Å². The number of rotatable bonds is 3. The number of nitrogens with zero attached hydrogens (tertiary/aromatic N) is 5. The van der Waals surface area contributed by atoms with Crippen molar-refractivity contribution in [3.8, 4) is 34.2 Å². The lowest BCUT2D eigenvalue weighted by atomic mass is 10.1. The second-order valence-corrected chi connectivity index (χ2v) is 5.13. The van der Waals surface area contributed by atoms with Crippen molar-refractivity contribution in [3.63, 3.8) is 0 Å². The Morgan fingerprint density at radius 2 is 1.21 bits per heavy atom. The van der Waals surface area contributed by atoms with Gasteiger partial charge in [0.05, 0.1) is 17.1 Å². The van der Waals surface area contributed by atoms with Crippen LogP contribution in [-0.2, 0) is 0 Å². The molecule has 0 aromatic carbocycles. The molecule has 24 heavy (non-hydrogen) atoms. The van der Waals surface area contributed by atoms with Crippen LogP contribution in [0, 0.1) is 0 Å². The van der Waals surface area contributed by atoms with Crippen molar-refractivity contribution in [2.75, 3.05) is 0 Å². The van der Waals surface area contributed by atoms with E-state index < -0.39 is 0 Å². The Morgan fingerprint density at radius 1 is 0.542 bits per heavy atom. The van der Waals surface area contributed by atoms with Crippen LogP contribution in [0.3, 0.4) is 0 Å². The van der Waals surface area contributed by atoms with Gasteiger partial charge in [0, 0.05) is 30.4 Å². The van der Waals surface area contributed by atoms with Crippen molar-refractivity contribution in [1.82, 2.24) is 24.9 Å². The Balaban J connectivity index is 1.92. The third kappa shape index (κ3) is 2.87. The van der Waals surface area contributed by atoms with E-state index in [0.29, 0.717) is 5.82 Å². The molecule has 0 aliphatic heterocycles. The predicted octanol–water partition coefficient (Wildman–Crippen LogP) is 3.66. The Morgan fingerprint density at radius 3 is 1.88 bits per heavy atom. The van der Waals surface area contributed by atoms with Crippen LogP contribution in [-0.4, -0.2) is 24.9 Å². The first-order chi connectivity index (χ1) is 11.9. The van der Waals surface area contributed by atoms with Crippen LogP contribution in [0.1, 0.15) is 0 Å². The van der Waals surface area contributed by atoms with E-state index in [9.17, 15) is 0 Å². The summed E-state index contributed by atoms with van der Waals surface area (Å²) < 4.78 is 0. The zero-order valence-corrected chi connectivity index (χ0v) is 12.7. The predicted molar refractivity (Wildman–Crippen MR) is 91.7 cm³/mol. The third-order valence-corrected chi connectivity index (χ3v) is 3.52. The molecule has 4 heterocycles. The second kappa shape index (κ2) is 6.34. The fraction of sp³-hybridized carbons (Fsp3) is 0. The molecule has 0 amide bonds. The summed E-state index contributed by atoms with van der Waals surface area (Å²) in [5.74, 6) is 0.575. The van der Waals surface area contributed by atoms with E-state index in [0.717, 1.165) is 28.3 Å². The minimum atomic E-state index is 0.575. The van der Waals surface area contributed by atoms with Gasteiger partial charge in [0.25, 0.3) is 0 Å².